The van der Waals surface area contributed by atoms with Crippen LogP contribution in [0.1, 0.15) is 71.0 Å². The van der Waals surface area contributed by atoms with Gasteiger partial charge in [0.1, 0.15) is 0 Å². The minimum Gasteiger partial charge on any atom is -0.342 e. The lowest BCUT2D eigenvalue weighted by Crippen LogP contribution is -2.40. The Bertz CT molecular complexity index is 545. The molecule has 0 bridgehead atoms. The van der Waals surface area contributed by atoms with Gasteiger partial charge in [0.15, 0.2) is 0 Å². The summed E-state index contributed by atoms with van der Waals surface area (Å²) in [4.78, 5) is 14.7. The molecule has 0 N–H and O–H groups in total. The molecule has 5 heteroatoms. The van der Waals surface area contributed by atoms with Crippen LogP contribution in [0.15, 0.2) is 6.20 Å². The molecule has 2 heterocycles. The molecule has 2 atom stereocenters. The zero-order valence-corrected chi connectivity index (χ0v) is 15.4. The first-order chi connectivity index (χ1) is 11.6. The van der Waals surface area contributed by atoms with E-state index in [0.717, 1.165) is 44.5 Å². The standard InChI is InChI=1S/C19H32N4O/c1-4-5-6-15-12-18(15)19(24)22-9-7-17(8-10-22)23-13-16(20-21-23)11-14(2)3/h13-15,17-18H,4-12H2,1-3H3. The predicted octanol–water partition coefficient (Wildman–Crippen LogP) is 3.47. The molecule has 1 aliphatic carbocycles. The average Bonchev–Trinajstić information content (AvgIpc) is 3.21. The molecule has 2 aliphatic rings. The average molecular weight is 332 g/mol. The summed E-state index contributed by atoms with van der Waals surface area (Å²) >= 11 is 0. The van der Waals surface area contributed by atoms with Crippen LogP contribution in [-0.2, 0) is 11.2 Å². The normalized spacial score (nSPS) is 24.6. The Morgan fingerprint density at radius 2 is 2.08 bits per heavy atom. The molecular formula is C19H32N4O. The first-order valence-corrected chi connectivity index (χ1v) is 9.78. The van der Waals surface area contributed by atoms with Crippen LogP contribution >= 0.6 is 0 Å². The molecule has 0 radical (unpaired) electrons. The van der Waals surface area contributed by atoms with Crippen LogP contribution in [0, 0.1) is 17.8 Å². The molecular weight excluding hydrogens is 300 g/mol. The topological polar surface area (TPSA) is 51.0 Å². The van der Waals surface area contributed by atoms with Crippen molar-refractivity contribution in [2.45, 2.75) is 71.8 Å². The highest BCUT2D eigenvalue weighted by molar-refractivity contribution is 5.81. The van der Waals surface area contributed by atoms with Crippen LogP contribution in [0.4, 0.5) is 0 Å². The van der Waals surface area contributed by atoms with Gasteiger partial charge < -0.3 is 4.90 Å². The molecule has 24 heavy (non-hydrogen) atoms. The van der Waals surface area contributed by atoms with E-state index in [0.29, 0.717) is 29.7 Å². The molecule has 0 spiro atoms. The molecule has 1 aliphatic heterocycles. The largest absolute Gasteiger partial charge is 0.342 e. The van der Waals surface area contributed by atoms with E-state index in [-0.39, 0.29) is 0 Å². The summed E-state index contributed by atoms with van der Waals surface area (Å²) in [7, 11) is 0. The smallest absolute Gasteiger partial charge is 0.225 e. The van der Waals surface area contributed by atoms with Crippen molar-refractivity contribution in [3.63, 3.8) is 0 Å². The number of nitrogens with zero attached hydrogens (tertiary/aromatic N) is 4. The van der Waals surface area contributed by atoms with Crippen molar-refractivity contribution in [3.05, 3.63) is 11.9 Å². The lowest BCUT2D eigenvalue weighted by molar-refractivity contribution is -0.134. The van der Waals surface area contributed by atoms with Crippen molar-refractivity contribution in [1.29, 1.82) is 0 Å². The highest BCUT2D eigenvalue weighted by atomic mass is 16.2. The van der Waals surface area contributed by atoms with E-state index in [2.05, 4.69) is 42.2 Å². The maximum atomic E-state index is 12.6. The number of likely N-dealkylation sites (tertiary alicyclic amines) is 1. The molecule has 1 saturated heterocycles. The van der Waals surface area contributed by atoms with E-state index in [1.807, 2.05) is 4.68 Å². The second kappa shape index (κ2) is 7.66. The summed E-state index contributed by atoms with van der Waals surface area (Å²) in [6, 6.07) is 0.401. The Kier molecular flexibility index (Phi) is 5.57. The van der Waals surface area contributed by atoms with E-state index in [9.17, 15) is 4.79 Å². The molecule has 0 aromatic carbocycles. The Morgan fingerprint density at radius 3 is 2.75 bits per heavy atom. The Hall–Kier alpha value is -1.39. The lowest BCUT2D eigenvalue weighted by Gasteiger charge is -2.32. The van der Waals surface area contributed by atoms with Gasteiger partial charge in [-0.25, -0.2) is 4.68 Å². The number of hydrogen-bond donors (Lipinski definition) is 0. The number of carbonyl (C=O) groups is 1. The van der Waals surface area contributed by atoms with Gasteiger partial charge in [0.05, 0.1) is 11.7 Å². The third-order valence-corrected chi connectivity index (χ3v) is 5.49. The van der Waals surface area contributed by atoms with E-state index in [4.69, 9.17) is 0 Å². The minimum atomic E-state index is 0.331. The van der Waals surface area contributed by atoms with Crippen LogP contribution in [-0.4, -0.2) is 38.9 Å². The summed E-state index contributed by atoms with van der Waals surface area (Å²) in [6.45, 7) is 8.38. The summed E-state index contributed by atoms with van der Waals surface area (Å²) in [5, 5.41) is 8.61. The van der Waals surface area contributed by atoms with E-state index in [1.54, 1.807) is 0 Å². The Morgan fingerprint density at radius 1 is 1.33 bits per heavy atom. The Balaban J connectivity index is 1.46. The molecule has 1 amide bonds. The summed E-state index contributed by atoms with van der Waals surface area (Å²) in [6.07, 6.45) is 9.95. The number of piperidine rings is 1. The quantitative estimate of drug-likeness (QED) is 0.768. The van der Waals surface area contributed by atoms with Gasteiger partial charge in [-0.1, -0.05) is 38.8 Å². The maximum Gasteiger partial charge on any atom is 0.225 e. The summed E-state index contributed by atoms with van der Waals surface area (Å²) in [5.74, 6) is 2.02. The highest BCUT2D eigenvalue weighted by Gasteiger charge is 2.44. The number of hydrogen-bond acceptors (Lipinski definition) is 3. The number of unbranched alkanes of at least 4 members (excludes halogenated alkanes) is 1. The first kappa shape index (κ1) is 17.4. The second-order valence-electron chi connectivity index (χ2n) is 8.09. The van der Waals surface area contributed by atoms with Crippen molar-refractivity contribution in [2.75, 3.05) is 13.1 Å². The predicted molar refractivity (Wildman–Crippen MR) is 94.5 cm³/mol. The van der Waals surface area contributed by atoms with Crippen molar-refractivity contribution in [2.24, 2.45) is 17.8 Å². The summed E-state index contributed by atoms with van der Waals surface area (Å²) in [5.41, 5.74) is 1.08. The van der Waals surface area contributed by atoms with E-state index in [1.165, 1.54) is 19.3 Å². The van der Waals surface area contributed by atoms with Gasteiger partial charge >= 0.3 is 0 Å². The number of aromatic nitrogens is 3. The molecule has 3 rings (SSSR count). The molecule has 2 unspecified atom stereocenters. The molecule has 5 nitrogen and oxygen atoms in total. The molecule has 134 valence electrons. The van der Waals surface area contributed by atoms with Gasteiger partial charge in [-0.2, -0.15) is 0 Å². The van der Waals surface area contributed by atoms with Crippen LogP contribution < -0.4 is 0 Å². The first-order valence-electron chi connectivity index (χ1n) is 9.78. The van der Waals surface area contributed by atoms with Gasteiger partial charge in [0.25, 0.3) is 0 Å². The monoisotopic (exact) mass is 332 g/mol. The fourth-order valence-electron chi connectivity index (χ4n) is 3.92. The van der Waals surface area contributed by atoms with Gasteiger partial charge in [-0.3, -0.25) is 4.79 Å². The van der Waals surface area contributed by atoms with Gasteiger partial charge in [0, 0.05) is 25.2 Å². The van der Waals surface area contributed by atoms with Crippen LogP contribution in [0.2, 0.25) is 0 Å². The van der Waals surface area contributed by atoms with Gasteiger partial charge in [-0.15, -0.1) is 5.10 Å². The number of rotatable bonds is 7. The van der Waals surface area contributed by atoms with Crippen molar-refractivity contribution in [3.8, 4) is 0 Å². The maximum absolute atomic E-state index is 12.6. The third kappa shape index (κ3) is 4.17. The van der Waals surface area contributed by atoms with Crippen molar-refractivity contribution >= 4 is 5.91 Å². The Labute approximate surface area is 145 Å². The zero-order chi connectivity index (χ0) is 17.1. The van der Waals surface area contributed by atoms with E-state index < -0.39 is 0 Å². The molecule has 2 fully saturated rings. The van der Waals surface area contributed by atoms with Crippen LogP contribution in [0.5, 0.6) is 0 Å². The van der Waals surface area contributed by atoms with E-state index >= 15 is 0 Å². The number of amides is 1. The van der Waals surface area contributed by atoms with Crippen molar-refractivity contribution in [1.82, 2.24) is 19.9 Å². The minimum absolute atomic E-state index is 0.331. The van der Waals surface area contributed by atoms with Gasteiger partial charge in [-0.05, 0) is 43.9 Å². The van der Waals surface area contributed by atoms with Crippen LogP contribution in [0.25, 0.3) is 0 Å². The third-order valence-electron chi connectivity index (χ3n) is 5.49. The number of carbonyl (C=O) groups excluding carboxylic acids is 1. The molecule has 1 aromatic rings. The van der Waals surface area contributed by atoms with Gasteiger partial charge in [0.2, 0.25) is 5.91 Å². The SMILES string of the molecule is CCCCC1CC1C(=O)N1CCC(n2cc(CC(C)C)nn2)CC1. The highest BCUT2D eigenvalue weighted by Crippen LogP contribution is 2.44. The second-order valence-corrected chi connectivity index (χ2v) is 8.09. The van der Waals surface area contributed by atoms with Crippen LogP contribution in [0.3, 0.4) is 0 Å². The molecule has 1 aromatic heterocycles. The zero-order valence-electron chi connectivity index (χ0n) is 15.4. The lowest BCUT2D eigenvalue weighted by atomic mass is 10.0. The summed E-state index contributed by atoms with van der Waals surface area (Å²) < 4.78 is 2.03. The van der Waals surface area contributed by atoms with Crippen molar-refractivity contribution < 1.29 is 4.79 Å². The fraction of sp³-hybridized carbons (Fsp3) is 0.842. The molecule has 1 saturated carbocycles. The fourth-order valence-corrected chi connectivity index (χ4v) is 3.92.